The third kappa shape index (κ3) is 5.61. The number of carboxylic acid groups (broad SMARTS) is 2. The minimum atomic E-state index is -1.19. The normalized spacial score (nSPS) is 18.9. The molecule has 2 rings (SSSR count). The summed E-state index contributed by atoms with van der Waals surface area (Å²) in [7, 11) is 0. The van der Waals surface area contributed by atoms with Crippen molar-refractivity contribution in [1.82, 2.24) is 10.2 Å². The predicted molar refractivity (Wildman–Crippen MR) is 73.8 cm³/mol. The average Bonchev–Trinajstić information content (AvgIpc) is 3.27. The summed E-state index contributed by atoms with van der Waals surface area (Å²) >= 11 is 0. The van der Waals surface area contributed by atoms with Gasteiger partial charge in [0.25, 0.3) is 0 Å². The largest absolute Gasteiger partial charge is 0.481 e. The smallest absolute Gasteiger partial charge is 0.326 e. The van der Waals surface area contributed by atoms with Gasteiger partial charge in [-0.2, -0.15) is 0 Å². The van der Waals surface area contributed by atoms with Crippen LogP contribution in [0.4, 0.5) is 4.79 Å². The number of carbonyl (C=O) groups excluding carboxylic acids is 1. The van der Waals surface area contributed by atoms with E-state index in [1.165, 1.54) is 0 Å². The Balaban J connectivity index is 1.86. The molecule has 1 atom stereocenters. The predicted octanol–water partition coefficient (Wildman–Crippen LogP) is 1.14. The molecule has 0 aromatic carbocycles. The minimum Gasteiger partial charge on any atom is -0.481 e. The number of rotatable bonds is 9. The lowest BCUT2D eigenvalue weighted by molar-refractivity contribution is -0.140. The molecule has 2 aliphatic rings. The van der Waals surface area contributed by atoms with Gasteiger partial charge in [-0.1, -0.05) is 0 Å². The van der Waals surface area contributed by atoms with Gasteiger partial charge in [-0.15, -0.1) is 0 Å². The van der Waals surface area contributed by atoms with E-state index in [1.54, 1.807) is 4.90 Å². The Morgan fingerprint density at radius 3 is 1.95 bits per heavy atom. The summed E-state index contributed by atoms with van der Waals surface area (Å²) in [4.78, 5) is 35.6. The molecule has 2 fully saturated rings. The molecule has 0 heterocycles. The third-order valence-electron chi connectivity index (χ3n) is 3.88. The van der Waals surface area contributed by atoms with Crippen molar-refractivity contribution in [3.8, 4) is 0 Å². The van der Waals surface area contributed by atoms with Crippen molar-refractivity contribution in [2.75, 3.05) is 13.1 Å². The molecule has 0 aliphatic heterocycles. The van der Waals surface area contributed by atoms with E-state index in [0.29, 0.717) is 24.9 Å². The molecular formula is C14H22N2O5. The topological polar surface area (TPSA) is 107 Å². The Labute approximate surface area is 123 Å². The molecule has 2 amide bonds. The number of nitrogens with zero attached hydrogens (tertiary/aromatic N) is 1. The number of hydrogen-bond donors (Lipinski definition) is 3. The van der Waals surface area contributed by atoms with Crippen LogP contribution in [0.15, 0.2) is 0 Å². The Bertz CT molecular complexity index is 404. The Kier molecular flexibility index (Phi) is 5.03. The van der Waals surface area contributed by atoms with Crippen LogP contribution in [0.5, 0.6) is 0 Å². The maximum Gasteiger partial charge on any atom is 0.326 e. The molecule has 0 aromatic heterocycles. The summed E-state index contributed by atoms with van der Waals surface area (Å²) in [5.74, 6) is -1.18. The second kappa shape index (κ2) is 6.78. The lowest BCUT2D eigenvalue weighted by atomic mass is 10.1. The number of hydrogen-bond acceptors (Lipinski definition) is 3. The molecule has 0 radical (unpaired) electrons. The molecule has 0 bridgehead atoms. The molecule has 3 N–H and O–H groups in total. The van der Waals surface area contributed by atoms with E-state index in [4.69, 9.17) is 10.2 Å². The summed E-state index contributed by atoms with van der Waals surface area (Å²) in [6.45, 7) is 1.35. The molecule has 0 saturated heterocycles. The molecule has 0 aromatic rings. The number of carboxylic acids is 2. The van der Waals surface area contributed by atoms with E-state index in [9.17, 15) is 14.4 Å². The summed E-state index contributed by atoms with van der Waals surface area (Å²) in [5, 5.41) is 20.2. The van der Waals surface area contributed by atoms with Crippen LogP contribution >= 0.6 is 0 Å². The van der Waals surface area contributed by atoms with Gasteiger partial charge in [0, 0.05) is 19.5 Å². The molecular weight excluding hydrogens is 276 g/mol. The first-order chi connectivity index (χ1) is 9.95. The van der Waals surface area contributed by atoms with Crippen molar-refractivity contribution in [3.63, 3.8) is 0 Å². The van der Waals surface area contributed by atoms with E-state index >= 15 is 0 Å². The zero-order valence-corrected chi connectivity index (χ0v) is 12.0. The van der Waals surface area contributed by atoms with E-state index in [-0.39, 0.29) is 18.9 Å². The lowest BCUT2D eigenvalue weighted by Gasteiger charge is -2.25. The molecule has 2 aliphatic carbocycles. The number of nitrogens with one attached hydrogen (secondary N) is 1. The van der Waals surface area contributed by atoms with Gasteiger partial charge < -0.3 is 20.4 Å². The van der Waals surface area contributed by atoms with Crippen LogP contribution in [0.2, 0.25) is 0 Å². The highest BCUT2D eigenvalue weighted by Gasteiger charge is 2.33. The van der Waals surface area contributed by atoms with Gasteiger partial charge in [0.1, 0.15) is 6.04 Å². The minimum absolute atomic E-state index is 0.100. The number of amides is 2. The molecule has 7 nitrogen and oxygen atoms in total. The fraction of sp³-hybridized carbons (Fsp3) is 0.786. The highest BCUT2D eigenvalue weighted by molar-refractivity contribution is 5.83. The fourth-order valence-corrected chi connectivity index (χ4v) is 2.23. The van der Waals surface area contributed by atoms with Crippen molar-refractivity contribution in [3.05, 3.63) is 0 Å². The second-order valence-corrected chi connectivity index (χ2v) is 6.06. The monoisotopic (exact) mass is 298 g/mol. The number of aliphatic carboxylic acids is 2. The van der Waals surface area contributed by atoms with Crippen LogP contribution in [-0.2, 0) is 9.59 Å². The van der Waals surface area contributed by atoms with E-state index in [1.807, 2.05) is 0 Å². The number of urea groups is 1. The van der Waals surface area contributed by atoms with Crippen molar-refractivity contribution in [1.29, 1.82) is 0 Å². The summed E-state index contributed by atoms with van der Waals surface area (Å²) in [6.07, 6.45) is 4.11. The fourth-order valence-electron chi connectivity index (χ4n) is 2.23. The molecule has 0 spiro atoms. The van der Waals surface area contributed by atoms with Crippen molar-refractivity contribution < 1.29 is 24.6 Å². The average molecular weight is 298 g/mol. The standard InChI is InChI=1S/C14H22N2O5/c17-12(18)6-5-11(13(19)20)15-14(21)16(7-9-1-2-9)8-10-3-4-10/h9-11H,1-8H2,(H,15,21)(H,17,18)(H,19,20)/t11-/m0/s1. The van der Waals surface area contributed by atoms with Crippen molar-refractivity contribution >= 4 is 18.0 Å². The summed E-state index contributed by atoms with van der Waals surface area (Å²) in [5.41, 5.74) is 0. The Morgan fingerprint density at radius 1 is 1.05 bits per heavy atom. The first-order valence-corrected chi connectivity index (χ1v) is 7.45. The zero-order chi connectivity index (χ0) is 15.4. The van der Waals surface area contributed by atoms with Crippen LogP contribution in [0, 0.1) is 11.8 Å². The van der Waals surface area contributed by atoms with Gasteiger partial charge in [0.15, 0.2) is 0 Å². The van der Waals surface area contributed by atoms with Gasteiger partial charge >= 0.3 is 18.0 Å². The molecule has 118 valence electrons. The van der Waals surface area contributed by atoms with Crippen molar-refractivity contribution in [2.45, 2.75) is 44.6 Å². The van der Waals surface area contributed by atoms with E-state index < -0.39 is 18.0 Å². The van der Waals surface area contributed by atoms with Gasteiger partial charge in [0.2, 0.25) is 0 Å². The quantitative estimate of drug-likeness (QED) is 0.591. The van der Waals surface area contributed by atoms with Crippen LogP contribution in [-0.4, -0.2) is 52.2 Å². The van der Waals surface area contributed by atoms with Gasteiger partial charge in [-0.25, -0.2) is 9.59 Å². The van der Waals surface area contributed by atoms with Gasteiger partial charge in [0.05, 0.1) is 0 Å². The summed E-state index contributed by atoms with van der Waals surface area (Å²) < 4.78 is 0. The van der Waals surface area contributed by atoms with Crippen molar-refractivity contribution in [2.24, 2.45) is 11.8 Å². The highest BCUT2D eigenvalue weighted by atomic mass is 16.4. The molecule has 2 saturated carbocycles. The summed E-state index contributed by atoms with van der Waals surface area (Å²) in [6, 6.07) is -1.53. The Morgan fingerprint density at radius 2 is 1.57 bits per heavy atom. The molecule has 7 heteroatoms. The first kappa shape index (κ1) is 15.6. The highest BCUT2D eigenvalue weighted by Crippen LogP contribution is 2.33. The van der Waals surface area contributed by atoms with Gasteiger partial charge in [-0.3, -0.25) is 4.79 Å². The maximum absolute atomic E-state index is 12.2. The van der Waals surface area contributed by atoms with Crippen LogP contribution < -0.4 is 5.32 Å². The Hall–Kier alpha value is -1.79. The lowest BCUT2D eigenvalue weighted by Crippen LogP contribution is -2.49. The SMILES string of the molecule is O=C(O)CC[C@H](NC(=O)N(CC1CC1)CC1CC1)C(=O)O. The molecule has 21 heavy (non-hydrogen) atoms. The van der Waals surface area contributed by atoms with E-state index in [0.717, 1.165) is 25.7 Å². The van der Waals surface area contributed by atoms with Gasteiger partial charge in [-0.05, 0) is 43.9 Å². The second-order valence-electron chi connectivity index (χ2n) is 6.06. The zero-order valence-electron chi connectivity index (χ0n) is 12.0. The first-order valence-electron chi connectivity index (χ1n) is 7.45. The maximum atomic E-state index is 12.2. The van der Waals surface area contributed by atoms with Crippen LogP contribution in [0.1, 0.15) is 38.5 Å². The van der Waals surface area contributed by atoms with E-state index in [2.05, 4.69) is 5.32 Å². The van der Waals surface area contributed by atoms with Crippen LogP contribution in [0.25, 0.3) is 0 Å². The van der Waals surface area contributed by atoms with Crippen LogP contribution in [0.3, 0.4) is 0 Å². The third-order valence-corrected chi connectivity index (χ3v) is 3.88. The molecule has 0 unspecified atom stereocenters. The number of carbonyl (C=O) groups is 3.